The molecule has 0 spiro atoms. The smallest absolute Gasteiger partial charge is 0.341 e. The van der Waals surface area contributed by atoms with Crippen LogP contribution in [0.25, 0.3) is 22.4 Å². The molecule has 1 N–H and O–H groups in total. The molecule has 116 valence electrons. The van der Waals surface area contributed by atoms with Crippen molar-refractivity contribution in [1.29, 1.82) is 0 Å². The van der Waals surface area contributed by atoms with Crippen LogP contribution in [-0.2, 0) is 21.6 Å². The normalized spacial score (nSPS) is 11.2. The summed E-state index contributed by atoms with van der Waals surface area (Å²) in [4.78, 5) is 16.1. The molecule has 22 heavy (non-hydrogen) atoms. The van der Waals surface area contributed by atoms with E-state index in [-0.39, 0.29) is 5.43 Å². The molecule has 0 saturated carbocycles. The largest absolute Gasteiger partial charge is 0.397 e. The van der Waals surface area contributed by atoms with Crippen LogP contribution >= 0.6 is 0 Å². The minimum atomic E-state index is -4.16. The number of hydrogen-bond acceptors (Lipinski definition) is 5. The highest BCUT2D eigenvalue weighted by Gasteiger charge is 2.11. The Bertz CT molecular complexity index is 933. The third-order valence-electron chi connectivity index (χ3n) is 3.03. The Labute approximate surface area is 127 Å². The number of nitrogens with zero attached hydrogens (tertiary/aromatic N) is 2. The van der Waals surface area contributed by atoms with Gasteiger partial charge >= 0.3 is 10.4 Å². The van der Waals surface area contributed by atoms with Gasteiger partial charge < -0.3 is 4.57 Å². The van der Waals surface area contributed by atoms with Crippen molar-refractivity contribution < 1.29 is 17.2 Å². The Morgan fingerprint density at radius 3 is 2.41 bits per heavy atom. The summed E-state index contributed by atoms with van der Waals surface area (Å²) in [6, 6.07) is 13.0. The molecule has 0 radical (unpaired) electrons. The maximum atomic E-state index is 11.7. The van der Waals surface area contributed by atoms with Gasteiger partial charge in [-0.2, -0.15) is 8.42 Å². The van der Waals surface area contributed by atoms with Crippen LogP contribution in [0.3, 0.4) is 0 Å². The van der Waals surface area contributed by atoms with Crippen molar-refractivity contribution in [2.24, 2.45) is 7.05 Å². The number of benzene rings is 2. The summed E-state index contributed by atoms with van der Waals surface area (Å²) < 4.78 is 31.7. The van der Waals surface area contributed by atoms with Gasteiger partial charge in [-0.15, -0.1) is 0 Å². The molecule has 0 saturated heterocycles. The summed E-state index contributed by atoms with van der Waals surface area (Å²) in [6.07, 6.45) is 0. The van der Waals surface area contributed by atoms with E-state index in [0.717, 1.165) is 23.8 Å². The molecule has 1 heterocycles. The Hall–Kier alpha value is -2.29. The first-order valence-electron chi connectivity index (χ1n) is 6.21. The number of aromatic nitrogens is 2. The second kappa shape index (κ2) is 6.22. The topological polar surface area (TPSA) is 98.5 Å². The molecule has 3 rings (SSSR count). The number of para-hydroxylation sites is 3. The lowest BCUT2D eigenvalue weighted by molar-refractivity contribution is 0.324. The van der Waals surface area contributed by atoms with Gasteiger partial charge in [0, 0.05) is 7.05 Å². The van der Waals surface area contributed by atoms with Crippen LogP contribution in [-0.4, -0.2) is 29.6 Å². The van der Waals surface area contributed by atoms with E-state index in [4.69, 9.17) is 4.55 Å². The van der Waals surface area contributed by atoms with Gasteiger partial charge in [-0.1, -0.05) is 18.2 Å². The van der Waals surface area contributed by atoms with Crippen molar-refractivity contribution in [3.05, 3.63) is 52.7 Å². The predicted molar refractivity (Wildman–Crippen MR) is 82.2 cm³/mol. The fourth-order valence-electron chi connectivity index (χ4n) is 1.99. The first-order chi connectivity index (χ1) is 10.3. The maximum absolute atomic E-state index is 11.7. The lowest BCUT2D eigenvalue weighted by Crippen LogP contribution is -2.12. The highest BCUT2D eigenvalue weighted by atomic mass is 32.3. The third-order valence-corrected chi connectivity index (χ3v) is 3.45. The first kappa shape index (κ1) is 16.1. The lowest BCUT2D eigenvalue weighted by atomic mass is 10.2. The first-order valence-corrected chi connectivity index (χ1v) is 7.57. The SMILES string of the molecule is COS(=O)(=O)O.Cn1c2cccc(=O)c-2nc2ccccc21. The molecule has 7 nitrogen and oxygen atoms in total. The van der Waals surface area contributed by atoms with Gasteiger partial charge in [0.2, 0.25) is 5.43 Å². The molecule has 8 heteroatoms. The number of hydrogen-bond donors (Lipinski definition) is 1. The van der Waals surface area contributed by atoms with Gasteiger partial charge in [-0.25, -0.2) is 4.98 Å². The van der Waals surface area contributed by atoms with E-state index in [1.807, 2.05) is 41.9 Å². The molecule has 0 bridgehead atoms. The number of fused-ring (bicyclic) bond motifs is 2. The van der Waals surface area contributed by atoms with Crippen LogP contribution in [0.15, 0.2) is 47.3 Å². The zero-order valence-corrected chi connectivity index (χ0v) is 12.7. The number of aryl methyl sites for hydroxylation is 1. The molecule has 1 aromatic rings. The van der Waals surface area contributed by atoms with Gasteiger partial charge in [0.1, 0.15) is 5.69 Å². The summed E-state index contributed by atoms with van der Waals surface area (Å²) in [5, 5.41) is 0. The maximum Gasteiger partial charge on any atom is 0.397 e. The average Bonchev–Trinajstić information content (AvgIpc) is 2.49. The highest BCUT2D eigenvalue weighted by molar-refractivity contribution is 7.80. The van der Waals surface area contributed by atoms with E-state index in [0.29, 0.717) is 5.69 Å². The average molecular weight is 322 g/mol. The zero-order chi connectivity index (χ0) is 16.3. The molecule has 0 aromatic heterocycles. The van der Waals surface area contributed by atoms with Gasteiger partial charge in [-0.05, 0) is 24.3 Å². The lowest BCUT2D eigenvalue weighted by Gasteiger charge is -2.13. The Balaban J connectivity index is 0.000000254. The molecular formula is C14H14N2O5S. The predicted octanol–water partition coefficient (Wildman–Crippen LogP) is 1.47. The molecule has 0 fully saturated rings. The molecule has 1 aliphatic heterocycles. The van der Waals surface area contributed by atoms with Gasteiger partial charge in [-0.3, -0.25) is 13.5 Å². The van der Waals surface area contributed by atoms with Crippen molar-refractivity contribution in [1.82, 2.24) is 9.55 Å². The van der Waals surface area contributed by atoms with Crippen LogP contribution < -0.4 is 5.43 Å². The van der Waals surface area contributed by atoms with E-state index in [1.54, 1.807) is 12.1 Å². The molecular weight excluding hydrogens is 308 g/mol. The molecule has 0 amide bonds. The van der Waals surface area contributed by atoms with Gasteiger partial charge in [0.25, 0.3) is 0 Å². The molecule has 2 aliphatic rings. The number of rotatable bonds is 1. The molecule has 1 aromatic carbocycles. The Morgan fingerprint density at radius 2 is 1.77 bits per heavy atom. The van der Waals surface area contributed by atoms with Crippen molar-refractivity contribution in [2.75, 3.05) is 7.11 Å². The van der Waals surface area contributed by atoms with Crippen LogP contribution in [0.1, 0.15) is 0 Å². The van der Waals surface area contributed by atoms with E-state index in [2.05, 4.69) is 9.17 Å². The van der Waals surface area contributed by atoms with Gasteiger partial charge in [0.15, 0.2) is 0 Å². The van der Waals surface area contributed by atoms with Crippen molar-refractivity contribution in [3.63, 3.8) is 0 Å². The van der Waals surface area contributed by atoms with Crippen LogP contribution in [0.5, 0.6) is 0 Å². The summed E-state index contributed by atoms with van der Waals surface area (Å²) in [7, 11) is -1.34. The van der Waals surface area contributed by atoms with Crippen LogP contribution in [0.4, 0.5) is 0 Å². The standard InChI is InChI=1S/C13H10N2O.CH4O4S/c1-15-10-6-3-2-5-9(10)14-13-11(15)7-4-8-12(13)16;1-5-6(2,3)4/h2-8H,1H3;1H3,(H,2,3,4). The highest BCUT2D eigenvalue weighted by Crippen LogP contribution is 2.20. The fraction of sp³-hybridized carbons (Fsp3) is 0.143. The third kappa shape index (κ3) is 3.48. The van der Waals surface area contributed by atoms with E-state index in [9.17, 15) is 13.2 Å². The Kier molecular flexibility index (Phi) is 4.55. The summed E-state index contributed by atoms with van der Waals surface area (Å²) in [5.74, 6) is 0. The summed E-state index contributed by atoms with van der Waals surface area (Å²) in [6.45, 7) is 0. The minimum Gasteiger partial charge on any atom is -0.341 e. The second-order valence-electron chi connectivity index (χ2n) is 4.38. The quantitative estimate of drug-likeness (QED) is 0.538. The fourth-order valence-corrected chi connectivity index (χ4v) is 1.99. The molecule has 0 unspecified atom stereocenters. The van der Waals surface area contributed by atoms with E-state index in [1.165, 1.54) is 0 Å². The zero-order valence-electron chi connectivity index (χ0n) is 11.9. The van der Waals surface area contributed by atoms with E-state index < -0.39 is 10.4 Å². The minimum absolute atomic E-state index is 0.0288. The molecule has 1 aliphatic carbocycles. The molecule has 0 atom stereocenters. The van der Waals surface area contributed by atoms with Crippen LogP contribution in [0, 0.1) is 0 Å². The summed E-state index contributed by atoms with van der Waals surface area (Å²) in [5.41, 5.74) is 3.25. The monoisotopic (exact) mass is 322 g/mol. The summed E-state index contributed by atoms with van der Waals surface area (Å²) >= 11 is 0. The van der Waals surface area contributed by atoms with Crippen molar-refractivity contribution in [2.45, 2.75) is 0 Å². The van der Waals surface area contributed by atoms with Crippen molar-refractivity contribution in [3.8, 4) is 11.4 Å². The van der Waals surface area contributed by atoms with Gasteiger partial charge in [0.05, 0.1) is 23.8 Å². The van der Waals surface area contributed by atoms with Crippen molar-refractivity contribution >= 4 is 21.4 Å². The second-order valence-corrected chi connectivity index (χ2v) is 5.57. The van der Waals surface area contributed by atoms with Crippen LogP contribution in [0.2, 0.25) is 0 Å². The Morgan fingerprint density at radius 1 is 1.14 bits per heavy atom. The van der Waals surface area contributed by atoms with E-state index >= 15 is 0 Å².